The molecule has 0 spiro atoms. The fourth-order valence-electron chi connectivity index (χ4n) is 2.18. The maximum atomic E-state index is 12.1. The van der Waals surface area contributed by atoms with Crippen LogP contribution in [0.1, 0.15) is 49.5 Å². The van der Waals surface area contributed by atoms with Crippen molar-refractivity contribution in [3.05, 3.63) is 41.5 Å². The van der Waals surface area contributed by atoms with Crippen LogP contribution in [-0.2, 0) is 4.79 Å². The standard InChI is InChI=1S/C19H26N2O2/c1-13(2)14(3)21(4)18(22)12-7-15-5-8-16(9-6-15)19(23)20-17-10-11-17/h5-9,12-14,17H,10-11H2,1-4H3,(H,20,23). The zero-order chi connectivity index (χ0) is 17.0. The van der Waals surface area contributed by atoms with Gasteiger partial charge in [-0.3, -0.25) is 9.59 Å². The summed E-state index contributed by atoms with van der Waals surface area (Å²) in [6.45, 7) is 6.25. The Morgan fingerprint density at radius 2 is 1.78 bits per heavy atom. The second-order valence-corrected chi connectivity index (χ2v) is 6.64. The van der Waals surface area contributed by atoms with E-state index in [0.29, 0.717) is 17.5 Å². The molecular formula is C19H26N2O2. The summed E-state index contributed by atoms with van der Waals surface area (Å²) in [5, 5.41) is 2.96. The Morgan fingerprint density at radius 1 is 1.17 bits per heavy atom. The van der Waals surface area contributed by atoms with Gasteiger partial charge < -0.3 is 10.2 Å². The lowest BCUT2D eigenvalue weighted by Gasteiger charge is -2.26. The van der Waals surface area contributed by atoms with Crippen LogP contribution >= 0.6 is 0 Å². The minimum Gasteiger partial charge on any atom is -0.349 e. The average Bonchev–Trinajstić information content (AvgIpc) is 3.35. The van der Waals surface area contributed by atoms with Crippen LogP contribution in [0.4, 0.5) is 0 Å². The number of nitrogens with one attached hydrogen (secondary N) is 1. The molecule has 124 valence electrons. The Kier molecular flexibility index (Phi) is 5.59. The van der Waals surface area contributed by atoms with E-state index >= 15 is 0 Å². The SMILES string of the molecule is CC(C)C(C)N(C)C(=O)C=Cc1ccc(C(=O)NC2CC2)cc1. The molecule has 23 heavy (non-hydrogen) atoms. The second kappa shape index (κ2) is 7.44. The van der Waals surface area contributed by atoms with Crippen LogP contribution in [-0.4, -0.2) is 35.8 Å². The number of hydrogen-bond acceptors (Lipinski definition) is 2. The first-order valence-electron chi connectivity index (χ1n) is 8.24. The summed E-state index contributed by atoms with van der Waals surface area (Å²) in [6.07, 6.45) is 5.53. The van der Waals surface area contributed by atoms with Crippen LogP contribution in [0.25, 0.3) is 6.08 Å². The number of hydrogen-bond donors (Lipinski definition) is 1. The molecule has 4 heteroatoms. The zero-order valence-electron chi connectivity index (χ0n) is 14.4. The molecule has 1 unspecified atom stereocenters. The van der Waals surface area contributed by atoms with Crippen molar-refractivity contribution in [3.8, 4) is 0 Å². The number of likely N-dealkylation sites (N-methyl/N-ethyl adjacent to an activating group) is 1. The third kappa shape index (κ3) is 4.95. The molecule has 1 N–H and O–H groups in total. The van der Waals surface area contributed by atoms with Crippen LogP contribution in [0.5, 0.6) is 0 Å². The maximum Gasteiger partial charge on any atom is 0.251 e. The average molecular weight is 314 g/mol. The van der Waals surface area contributed by atoms with Crippen molar-refractivity contribution in [3.63, 3.8) is 0 Å². The Labute approximate surface area is 138 Å². The minimum absolute atomic E-state index is 0.0123. The van der Waals surface area contributed by atoms with E-state index in [4.69, 9.17) is 0 Å². The van der Waals surface area contributed by atoms with Gasteiger partial charge in [0.2, 0.25) is 5.91 Å². The van der Waals surface area contributed by atoms with E-state index < -0.39 is 0 Å². The minimum atomic E-state index is -0.0235. The molecule has 1 aromatic carbocycles. The third-order valence-corrected chi connectivity index (χ3v) is 4.43. The van der Waals surface area contributed by atoms with Crippen molar-refractivity contribution in [1.29, 1.82) is 0 Å². The summed E-state index contributed by atoms with van der Waals surface area (Å²) in [4.78, 5) is 25.8. The van der Waals surface area contributed by atoms with Crippen LogP contribution in [0.2, 0.25) is 0 Å². The Morgan fingerprint density at radius 3 is 2.30 bits per heavy atom. The molecule has 1 atom stereocenters. The van der Waals surface area contributed by atoms with E-state index in [-0.39, 0.29) is 17.9 Å². The van der Waals surface area contributed by atoms with Gasteiger partial charge in [-0.05, 0) is 49.5 Å². The molecule has 2 amide bonds. The predicted octanol–water partition coefficient (Wildman–Crippen LogP) is 3.09. The topological polar surface area (TPSA) is 49.4 Å². The van der Waals surface area contributed by atoms with Gasteiger partial charge in [-0.15, -0.1) is 0 Å². The fraction of sp³-hybridized carbons (Fsp3) is 0.474. The van der Waals surface area contributed by atoms with Crippen LogP contribution in [0.15, 0.2) is 30.3 Å². The molecule has 1 aromatic rings. The molecule has 0 aliphatic heterocycles. The molecular weight excluding hydrogens is 288 g/mol. The van der Waals surface area contributed by atoms with Gasteiger partial charge in [0.25, 0.3) is 5.91 Å². The highest BCUT2D eigenvalue weighted by molar-refractivity contribution is 5.95. The summed E-state index contributed by atoms with van der Waals surface area (Å²) >= 11 is 0. The molecule has 0 aromatic heterocycles. The first-order chi connectivity index (χ1) is 10.9. The normalized spacial score (nSPS) is 15.7. The van der Waals surface area contributed by atoms with Crippen LogP contribution in [0.3, 0.4) is 0 Å². The number of nitrogens with zero attached hydrogens (tertiary/aromatic N) is 1. The zero-order valence-corrected chi connectivity index (χ0v) is 14.4. The van der Waals surface area contributed by atoms with E-state index in [2.05, 4.69) is 19.2 Å². The number of carbonyl (C=O) groups excluding carboxylic acids is 2. The molecule has 0 bridgehead atoms. The summed E-state index contributed by atoms with van der Waals surface area (Å²) in [5.74, 6) is 0.382. The molecule has 1 aliphatic rings. The van der Waals surface area contributed by atoms with Crippen molar-refractivity contribution in [1.82, 2.24) is 10.2 Å². The van der Waals surface area contributed by atoms with E-state index in [1.54, 1.807) is 29.2 Å². The highest BCUT2D eigenvalue weighted by Crippen LogP contribution is 2.19. The third-order valence-electron chi connectivity index (χ3n) is 4.43. The van der Waals surface area contributed by atoms with Crippen LogP contribution < -0.4 is 5.32 Å². The van der Waals surface area contributed by atoms with E-state index in [0.717, 1.165) is 18.4 Å². The lowest BCUT2D eigenvalue weighted by molar-refractivity contribution is -0.127. The number of amides is 2. The van der Waals surface area contributed by atoms with Crippen molar-refractivity contribution in [2.75, 3.05) is 7.05 Å². The largest absolute Gasteiger partial charge is 0.349 e. The molecule has 1 fully saturated rings. The Balaban J connectivity index is 1.94. The van der Waals surface area contributed by atoms with Crippen LogP contribution in [0, 0.1) is 5.92 Å². The van der Waals surface area contributed by atoms with Gasteiger partial charge in [0.05, 0.1) is 0 Å². The van der Waals surface area contributed by atoms with E-state index in [1.807, 2.05) is 26.1 Å². The number of carbonyl (C=O) groups is 2. The van der Waals surface area contributed by atoms with Crippen molar-refractivity contribution in [2.24, 2.45) is 5.92 Å². The predicted molar refractivity (Wildman–Crippen MR) is 93.0 cm³/mol. The quantitative estimate of drug-likeness (QED) is 0.820. The Bertz CT molecular complexity index is 586. The van der Waals surface area contributed by atoms with Gasteiger partial charge in [0.1, 0.15) is 0 Å². The van der Waals surface area contributed by atoms with Gasteiger partial charge in [-0.2, -0.15) is 0 Å². The first kappa shape index (κ1) is 17.3. The summed E-state index contributed by atoms with van der Waals surface area (Å²) in [6, 6.07) is 7.86. The molecule has 2 rings (SSSR count). The van der Waals surface area contributed by atoms with E-state index in [1.165, 1.54) is 0 Å². The lowest BCUT2D eigenvalue weighted by atomic mass is 10.1. The molecule has 1 aliphatic carbocycles. The monoisotopic (exact) mass is 314 g/mol. The van der Waals surface area contributed by atoms with E-state index in [9.17, 15) is 9.59 Å². The lowest BCUT2D eigenvalue weighted by Crippen LogP contribution is -2.37. The summed E-state index contributed by atoms with van der Waals surface area (Å²) in [7, 11) is 1.82. The molecule has 1 saturated carbocycles. The maximum absolute atomic E-state index is 12.1. The van der Waals surface area contributed by atoms with Crippen molar-refractivity contribution < 1.29 is 9.59 Å². The van der Waals surface area contributed by atoms with Gasteiger partial charge in [0.15, 0.2) is 0 Å². The molecule has 0 heterocycles. The molecule has 0 saturated heterocycles. The van der Waals surface area contributed by atoms with Gasteiger partial charge in [-0.1, -0.05) is 26.0 Å². The molecule has 0 radical (unpaired) electrons. The second-order valence-electron chi connectivity index (χ2n) is 6.64. The fourth-order valence-corrected chi connectivity index (χ4v) is 2.18. The van der Waals surface area contributed by atoms with Gasteiger partial charge in [0, 0.05) is 30.8 Å². The number of benzene rings is 1. The number of rotatable bonds is 6. The van der Waals surface area contributed by atoms with Crippen molar-refractivity contribution >= 4 is 17.9 Å². The first-order valence-corrected chi connectivity index (χ1v) is 8.24. The highest BCUT2D eigenvalue weighted by atomic mass is 16.2. The Hall–Kier alpha value is -2.10. The summed E-state index contributed by atoms with van der Waals surface area (Å²) < 4.78 is 0. The highest BCUT2D eigenvalue weighted by Gasteiger charge is 2.23. The molecule has 4 nitrogen and oxygen atoms in total. The van der Waals surface area contributed by atoms with Gasteiger partial charge >= 0.3 is 0 Å². The smallest absolute Gasteiger partial charge is 0.251 e. The summed E-state index contributed by atoms with van der Waals surface area (Å²) in [5.41, 5.74) is 1.57. The van der Waals surface area contributed by atoms with Gasteiger partial charge in [-0.25, -0.2) is 0 Å². The van der Waals surface area contributed by atoms with Crippen molar-refractivity contribution in [2.45, 2.75) is 45.7 Å².